The number of aromatic amines is 1. The molecule has 0 atom stereocenters. The van der Waals surface area contributed by atoms with E-state index in [1.54, 1.807) is 16.3 Å². The molecule has 0 spiro atoms. The minimum Gasteiger partial charge on any atom is -0.320 e. The second-order valence-corrected chi connectivity index (χ2v) is 5.20. The molecule has 2 heterocycles. The van der Waals surface area contributed by atoms with E-state index in [2.05, 4.69) is 10.3 Å². The lowest BCUT2D eigenvalue weighted by atomic mass is 10.2. The number of halogens is 1. The lowest BCUT2D eigenvalue weighted by molar-refractivity contribution is 0.559. The van der Waals surface area contributed by atoms with Crippen molar-refractivity contribution in [1.29, 1.82) is 0 Å². The number of hydrogen-bond donors (Lipinski definition) is 2. The summed E-state index contributed by atoms with van der Waals surface area (Å²) in [5, 5.41) is 3.06. The van der Waals surface area contributed by atoms with Crippen LogP contribution in [0.3, 0.4) is 0 Å². The Morgan fingerprint density at radius 2 is 2.22 bits per heavy atom. The number of fused-ring (bicyclic) bond motifs is 1. The predicted octanol–water partition coefficient (Wildman–Crippen LogP) is 0.357. The molecule has 0 amide bonds. The zero-order valence-corrected chi connectivity index (χ0v) is 12.0. The van der Waals surface area contributed by atoms with Crippen molar-refractivity contribution in [3.05, 3.63) is 32.1 Å². The fourth-order valence-corrected chi connectivity index (χ4v) is 3.07. The third-order valence-electron chi connectivity index (χ3n) is 2.95. The monoisotopic (exact) mass is 291 g/mol. The van der Waals surface area contributed by atoms with Crippen molar-refractivity contribution < 1.29 is 0 Å². The smallest absolute Gasteiger partial charge is 0.320 e. The van der Waals surface area contributed by atoms with Crippen LogP contribution in [0.4, 0.5) is 0 Å². The Labute approximate surface area is 116 Å². The van der Waals surface area contributed by atoms with Crippen molar-refractivity contribution in [2.75, 3.05) is 19.3 Å². The molecule has 102 valence electrons. The van der Waals surface area contributed by atoms with Gasteiger partial charge in [-0.1, -0.05) is 0 Å². The molecule has 2 rings (SSSR count). The molecule has 0 unspecified atom stereocenters. The van der Waals surface area contributed by atoms with E-state index in [9.17, 15) is 9.59 Å². The number of nitrogens with zero attached hydrogens (tertiary/aromatic N) is 1. The fraction of sp³-hybridized carbons (Fsp3) is 0.636. The van der Waals surface area contributed by atoms with Gasteiger partial charge in [0.2, 0.25) is 0 Å². The highest BCUT2D eigenvalue weighted by Crippen LogP contribution is 2.20. The van der Waals surface area contributed by atoms with E-state index < -0.39 is 0 Å². The maximum absolute atomic E-state index is 11.8. The first-order valence-corrected chi connectivity index (χ1v) is 6.96. The zero-order chi connectivity index (χ0) is 12.3. The van der Waals surface area contributed by atoms with Gasteiger partial charge in [-0.15, -0.1) is 12.4 Å². The second-order valence-electron chi connectivity index (χ2n) is 4.10. The highest BCUT2D eigenvalue weighted by molar-refractivity contribution is 7.98. The summed E-state index contributed by atoms with van der Waals surface area (Å²) in [4.78, 5) is 25.9. The third kappa shape index (κ3) is 3.18. The van der Waals surface area contributed by atoms with Gasteiger partial charge in [-0.05, 0) is 32.2 Å². The van der Waals surface area contributed by atoms with Gasteiger partial charge >= 0.3 is 5.69 Å². The highest BCUT2D eigenvalue weighted by atomic mass is 35.5. The SMILES string of the molecule is CNCCCn1c2c(c(=O)[nH]c1=O)CSCC2.Cl. The Morgan fingerprint density at radius 3 is 2.94 bits per heavy atom. The van der Waals surface area contributed by atoms with Gasteiger partial charge < -0.3 is 5.32 Å². The first-order valence-electron chi connectivity index (χ1n) is 5.81. The summed E-state index contributed by atoms with van der Waals surface area (Å²) in [6, 6.07) is 0. The topological polar surface area (TPSA) is 66.9 Å². The molecular weight excluding hydrogens is 274 g/mol. The van der Waals surface area contributed by atoms with Gasteiger partial charge in [-0.25, -0.2) is 4.79 Å². The van der Waals surface area contributed by atoms with Crippen LogP contribution in [-0.4, -0.2) is 28.9 Å². The van der Waals surface area contributed by atoms with Crippen molar-refractivity contribution in [2.45, 2.75) is 25.1 Å². The van der Waals surface area contributed by atoms with Crippen LogP contribution in [0.2, 0.25) is 0 Å². The predicted molar refractivity (Wildman–Crippen MR) is 77.0 cm³/mol. The lowest BCUT2D eigenvalue weighted by Crippen LogP contribution is -2.37. The molecular formula is C11H18ClN3O2S. The quantitative estimate of drug-likeness (QED) is 0.786. The van der Waals surface area contributed by atoms with Gasteiger partial charge in [0.15, 0.2) is 0 Å². The summed E-state index contributed by atoms with van der Waals surface area (Å²) < 4.78 is 1.73. The minimum absolute atomic E-state index is 0. The number of H-pyrrole nitrogens is 1. The summed E-state index contributed by atoms with van der Waals surface area (Å²) in [6.07, 6.45) is 1.71. The van der Waals surface area contributed by atoms with Crippen molar-refractivity contribution in [3.63, 3.8) is 0 Å². The minimum atomic E-state index is -0.267. The molecule has 0 aliphatic carbocycles. The molecule has 5 nitrogen and oxygen atoms in total. The van der Waals surface area contributed by atoms with Crippen molar-refractivity contribution in [2.24, 2.45) is 0 Å². The van der Waals surface area contributed by atoms with Crippen LogP contribution in [-0.2, 0) is 18.7 Å². The molecule has 18 heavy (non-hydrogen) atoms. The van der Waals surface area contributed by atoms with Crippen molar-refractivity contribution in [3.8, 4) is 0 Å². The summed E-state index contributed by atoms with van der Waals surface area (Å²) in [6.45, 7) is 1.54. The van der Waals surface area contributed by atoms with Crippen LogP contribution in [0, 0.1) is 0 Å². The lowest BCUT2D eigenvalue weighted by Gasteiger charge is -2.19. The van der Waals surface area contributed by atoms with Gasteiger partial charge in [0.1, 0.15) is 0 Å². The maximum atomic E-state index is 11.8. The number of nitrogens with one attached hydrogen (secondary N) is 2. The van der Waals surface area contributed by atoms with Crippen LogP contribution >= 0.6 is 24.2 Å². The van der Waals surface area contributed by atoms with E-state index in [4.69, 9.17) is 0 Å². The molecule has 1 aliphatic heterocycles. The van der Waals surface area contributed by atoms with E-state index in [0.717, 1.165) is 42.1 Å². The molecule has 0 radical (unpaired) electrons. The van der Waals surface area contributed by atoms with Gasteiger partial charge in [0, 0.05) is 23.6 Å². The first kappa shape index (κ1) is 15.3. The number of thioether (sulfide) groups is 1. The van der Waals surface area contributed by atoms with E-state index in [-0.39, 0.29) is 23.7 Å². The Bertz CT molecular complexity index is 512. The van der Waals surface area contributed by atoms with E-state index >= 15 is 0 Å². The molecule has 7 heteroatoms. The molecule has 1 aromatic rings. The maximum Gasteiger partial charge on any atom is 0.328 e. The normalized spacial score (nSPS) is 13.8. The van der Waals surface area contributed by atoms with Crippen LogP contribution in [0.15, 0.2) is 9.59 Å². The first-order chi connectivity index (χ1) is 8.24. The van der Waals surface area contributed by atoms with Crippen LogP contribution < -0.4 is 16.6 Å². The van der Waals surface area contributed by atoms with Crippen LogP contribution in [0.1, 0.15) is 17.7 Å². The van der Waals surface area contributed by atoms with E-state index in [0.29, 0.717) is 6.54 Å². The van der Waals surface area contributed by atoms with Gasteiger partial charge in [0.05, 0.1) is 0 Å². The van der Waals surface area contributed by atoms with Gasteiger partial charge in [-0.2, -0.15) is 11.8 Å². The standard InChI is InChI=1S/C11H17N3O2S.ClH/c1-12-4-2-5-14-9-3-6-17-7-8(9)10(15)13-11(14)16;/h12H,2-7H2,1H3,(H,13,15,16);1H. The van der Waals surface area contributed by atoms with Crippen LogP contribution in [0.5, 0.6) is 0 Å². The molecule has 0 fully saturated rings. The van der Waals surface area contributed by atoms with Gasteiger partial charge in [0.25, 0.3) is 5.56 Å². The molecule has 2 N–H and O–H groups in total. The highest BCUT2D eigenvalue weighted by Gasteiger charge is 2.17. The molecule has 0 bridgehead atoms. The average molecular weight is 292 g/mol. The molecule has 1 aliphatic rings. The second kappa shape index (κ2) is 7.01. The molecule has 1 aromatic heterocycles. The van der Waals surface area contributed by atoms with E-state index in [1.165, 1.54) is 0 Å². The summed E-state index contributed by atoms with van der Waals surface area (Å²) >= 11 is 1.75. The Hall–Kier alpha value is -0.720. The zero-order valence-electron chi connectivity index (χ0n) is 10.3. The number of hydrogen-bond acceptors (Lipinski definition) is 4. The van der Waals surface area contributed by atoms with E-state index in [1.807, 2.05) is 7.05 Å². The fourth-order valence-electron chi connectivity index (χ4n) is 2.08. The Kier molecular flexibility index (Phi) is 5.98. The number of aromatic nitrogens is 2. The largest absolute Gasteiger partial charge is 0.328 e. The molecule has 0 aromatic carbocycles. The average Bonchev–Trinajstić information content (AvgIpc) is 2.33. The molecule has 0 saturated carbocycles. The van der Waals surface area contributed by atoms with Crippen molar-refractivity contribution >= 4 is 24.2 Å². The number of rotatable bonds is 4. The molecule has 0 saturated heterocycles. The summed E-state index contributed by atoms with van der Waals surface area (Å²) in [5.41, 5.74) is 1.25. The Morgan fingerprint density at radius 1 is 1.44 bits per heavy atom. The Balaban J connectivity index is 0.00000162. The summed E-state index contributed by atoms with van der Waals surface area (Å²) in [5.74, 6) is 1.71. The van der Waals surface area contributed by atoms with Crippen molar-refractivity contribution in [1.82, 2.24) is 14.9 Å². The summed E-state index contributed by atoms with van der Waals surface area (Å²) in [7, 11) is 1.89. The van der Waals surface area contributed by atoms with Crippen LogP contribution in [0.25, 0.3) is 0 Å². The van der Waals surface area contributed by atoms with Gasteiger partial charge in [-0.3, -0.25) is 14.3 Å². The third-order valence-corrected chi connectivity index (χ3v) is 3.94.